The van der Waals surface area contributed by atoms with Crippen molar-refractivity contribution in [2.75, 3.05) is 7.11 Å². The third-order valence-corrected chi connectivity index (χ3v) is 2.63. The van der Waals surface area contributed by atoms with Crippen molar-refractivity contribution in [1.82, 2.24) is 10.2 Å². The number of benzene rings is 1. The predicted octanol–water partition coefficient (Wildman–Crippen LogP) is 2.23. The molecule has 6 heteroatoms. The van der Waals surface area contributed by atoms with Gasteiger partial charge >= 0.3 is 5.97 Å². The van der Waals surface area contributed by atoms with Gasteiger partial charge in [0, 0.05) is 17.2 Å². The highest BCUT2D eigenvalue weighted by Crippen LogP contribution is 2.30. The molecule has 2 rings (SSSR count). The van der Waals surface area contributed by atoms with Crippen LogP contribution in [0, 0.1) is 12.7 Å². The number of carbonyl (C=O) groups is 1. The number of carboxylic acids is 1. The van der Waals surface area contributed by atoms with E-state index < -0.39 is 11.8 Å². The highest BCUT2D eigenvalue weighted by Gasteiger charge is 2.14. The summed E-state index contributed by atoms with van der Waals surface area (Å²) in [7, 11) is 1.44. The second-order valence-electron chi connectivity index (χ2n) is 3.75. The first-order chi connectivity index (χ1) is 8.52. The summed E-state index contributed by atoms with van der Waals surface area (Å²) >= 11 is 0. The van der Waals surface area contributed by atoms with Crippen LogP contribution in [0.5, 0.6) is 5.75 Å². The Bertz CT molecular complexity index is 607. The van der Waals surface area contributed by atoms with Crippen molar-refractivity contribution in [2.24, 2.45) is 0 Å². The number of carboxylic acid groups (broad SMARTS) is 1. The van der Waals surface area contributed by atoms with Crippen molar-refractivity contribution < 1.29 is 19.0 Å². The van der Waals surface area contributed by atoms with Crippen molar-refractivity contribution in [2.45, 2.75) is 6.92 Å². The lowest BCUT2D eigenvalue weighted by Gasteiger charge is -2.08. The first-order valence-electron chi connectivity index (χ1n) is 5.16. The fourth-order valence-electron chi connectivity index (χ4n) is 1.70. The van der Waals surface area contributed by atoms with Gasteiger partial charge in [0.05, 0.1) is 12.8 Å². The van der Waals surface area contributed by atoms with Gasteiger partial charge < -0.3 is 9.84 Å². The molecule has 0 aliphatic rings. The fourth-order valence-corrected chi connectivity index (χ4v) is 1.70. The lowest BCUT2D eigenvalue weighted by atomic mass is 10.0. The summed E-state index contributed by atoms with van der Waals surface area (Å²) in [6.45, 7) is 1.75. The van der Waals surface area contributed by atoms with Crippen LogP contribution in [0.2, 0.25) is 0 Å². The molecule has 2 aromatic rings. The number of rotatable bonds is 3. The maximum absolute atomic E-state index is 13.4. The molecule has 0 spiro atoms. The molecule has 0 aliphatic carbocycles. The first-order valence-corrected chi connectivity index (χ1v) is 5.16. The number of hydrogen-bond donors (Lipinski definition) is 2. The van der Waals surface area contributed by atoms with E-state index in [1.807, 2.05) is 0 Å². The first kappa shape index (κ1) is 12.1. The number of aromatic carboxylic acids is 1. The molecular weight excluding hydrogens is 239 g/mol. The number of H-pyrrole nitrogens is 1. The summed E-state index contributed by atoms with van der Waals surface area (Å²) < 4.78 is 18.5. The van der Waals surface area contributed by atoms with Gasteiger partial charge in [0.1, 0.15) is 17.3 Å². The minimum Gasteiger partial charge on any atom is -0.496 e. The van der Waals surface area contributed by atoms with E-state index in [-0.39, 0.29) is 5.69 Å². The van der Waals surface area contributed by atoms with Crippen molar-refractivity contribution in [1.29, 1.82) is 0 Å². The zero-order valence-electron chi connectivity index (χ0n) is 9.82. The maximum Gasteiger partial charge on any atom is 0.353 e. The Kier molecular flexibility index (Phi) is 3.01. The summed E-state index contributed by atoms with van der Waals surface area (Å²) in [4.78, 5) is 10.8. The van der Waals surface area contributed by atoms with E-state index in [4.69, 9.17) is 9.84 Å². The van der Waals surface area contributed by atoms with Gasteiger partial charge in [-0.15, -0.1) is 0 Å². The Morgan fingerprint density at radius 2 is 2.17 bits per heavy atom. The average molecular weight is 250 g/mol. The Hall–Kier alpha value is -2.37. The summed E-state index contributed by atoms with van der Waals surface area (Å²) in [5.74, 6) is -1.19. The number of halogens is 1. The summed E-state index contributed by atoms with van der Waals surface area (Å²) in [5.41, 5.74) is 1.51. The van der Waals surface area contributed by atoms with E-state index in [0.29, 0.717) is 22.6 Å². The normalized spacial score (nSPS) is 10.4. The topological polar surface area (TPSA) is 75.2 Å². The van der Waals surface area contributed by atoms with Crippen molar-refractivity contribution >= 4 is 5.97 Å². The molecule has 0 radical (unpaired) electrons. The average Bonchev–Trinajstić information content (AvgIpc) is 2.81. The molecular formula is C12H11FN2O3. The van der Waals surface area contributed by atoms with Crippen molar-refractivity contribution in [3.8, 4) is 17.0 Å². The molecule has 0 amide bonds. The summed E-state index contributed by atoms with van der Waals surface area (Å²) in [6, 6.07) is 3.91. The molecule has 1 aromatic heterocycles. The van der Waals surface area contributed by atoms with E-state index in [0.717, 1.165) is 0 Å². The molecule has 18 heavy (non-hydrogen) atoms. The molecule has 0 bridgehead atoms. The second kappa shape index (κ2) is 4.48. The van der Waals surface area contributed by atoms with E-state index in [2.05, 4.69) is 10.2 Å². The summed E-state index contributed by atoms with van der Waals surface area (Å²) in [6.07, 6.45) is 0. The van der Waals surface area contributed by atoms with Gasteiger partial charge in [-0.2, -0.15) is 5.10 Å². The molecule has 0 atom stereocenters. The lowest BCUT2D eigenvalue weighted by molar-refractivity contribution is 0.0690. The number of hydrogen-bond acceptors (Lipinski definition) is 3. The molecule has 2 N–H and O–H groups in total. The minimum atomic E-state index is -1.12. The van der Waals surface area contributed by atoms with Crippen LogP contribution in [0.3, 0.4) is 0 Å². The van der Waals surface area contributed by atoms with Crippen LogP contribution in [0.4, 0.5) is 4.39 Å². The molecule has 1 aromatic carbocycles. The smallest absolute Gasteiger partial charge is 0.353 e. The van der Waals surface area contributed by atoms with Crippen LogP contribution in [-0.4, -0.2) is 28.4 Å². The monoisotopic (exact) mass is 250 g/mol. The third kappa shape index (κ3) is 2.04. The quantitative estimate of drug-likeness (QED) is 0.875. The third-order valence-electron chi connectivity index (χ3n) is 2.63. The fraction of sp³-hybridized carbons (Fsp3) is 0.167. The number of methoxy groups -OCH3 is 1. The molecule has 0 aliphatic heterocycles. The standard InChI is InChI=1S/C12H11FN2O3/c1-6-8(3-7(13)4-11(6)18-2)9-5-10(12(16)17)15-14-9/h3-5H,1-2H3,(H,14,15)(H,16,17). The zero-order valence-corrected chi connectivity index (χ0v) is 9.82. The van der Waals surface area contributed by atoms with E-state index in [1.165, 1.54) is 25.3 Å². The van der Waals surface area contributed by atoms with Gasteiger partial charge in [-0.1, -0.05) is 0 Å². The van der Waals surface area contributed by atoms with Gasteiger partial charge in [-0.3, -0.25) is 5.10 Å². The van der Waals surface area contributed by atoms with E-state index in [9.17, 15) is 9.18 Å². The number of aromatic nitrogens is 2. The van der Waals surface area contributed by atoms with Crippen LogP contribution < -0.4 is 4.74 Å². The van der Waals surface area contributed by atoms with Crippen LogP contribution in [0.15, 0.2) is 18.2 Å². The number of nitrogens with one attached hydrogen (secondary N) is 1. The molecule has 0 saturated heterocycles. The van der Waals surface area contributed by atoms with Crippen LogP contribution in [0.1, 0.15) is 16.1 Å². The van der Waals surface area contributed by atoms with Gasteiger partial charge in [0.25, 0.3) is 0 Å². The van der Waals surface area contributed by atoms with Crippen molar-refractivity contribution in [3.05, 3.63) is 35.3 Å². The number of aromatic amines is 1. The van der Waals surface area contributed by atoms with E-state index in [1.54, 1.807) is 6.92 Å². The maximum atomic E-state index is 13.4. The Morgan fingerprint density at radius 3 is 2.72 bits per heavy atom. The molecule has 5 nitrogen and oxygen atoms in total. The second-order valence-corrected chi connectivity index (χ2v) is 3.75. The van der Waals surface area contributed by atoms with Gasteiger partial charge in [0.2, 0.25) is 0 Å². The Labute approximate surface area is 102 Å². The van der Waals surface area contributed by atoms with Gasteiger partial charge in [-0.05, 0) is 19.1 Å². The van der Waals surface area contributed by atoms with Crippen LogP contribution >= 0.6 is 0 Å². The van der Waals surface area contributed by atoms with Gasteiger partial charge in [0.15, 0.2) is 0 Å². The SMILES string of the molecule is COc1cc(F)cc(-c2cc(C(=O)O)[nH]n2)c1C. The van der Waals surface area contributed by atoms with Crippen molar-refractivity contribution in [3.63, 3.8) is 0 Å². The summed E-state index contributed by atoms with van der Waals surface area (Å²) in [5, 5.41) is 15.0. The molecule has 0 saturated carbocycles. The number of ether oxygens (including phenoxy) is 1. The molecule has 0 unspecified atom stereocenters. The predicted molar refractivity (Wildman–Crippen MR) is 62.2 cm³/mol. The largest absolute Gasteiger partial charge is 0.496 e. The highest BCUT2D eigenvalue weighted by molar-refractivity contribution is 5.87. The minimum absolute atomic E-state index is 0.0485. The molecule has 0 fully saturated rings. The molecule has 94 valence electrons. The van der Waals surface area contributed by atoms with Crippen LogP contribution in [0.25, 0.3) is 11.3 Å². The lowest BCUT2D eigenvalue weighted by Crippen LogP contribution is -1.95. The Morgan fingerprint density at radius 1 is 1.44 bits per heavy atom. The molecule has 1 heterocycles. The highest BCUT2D eigenvalue weighted by atomic mass is 19.1. The van der Waals surface area contributed by atoms with E-state index >= 15 is 0 Å². The number of nitrogens with zero attached hydrogens (tertiary/aromatic N) is 1. The van der Waals surface area contributed by atoms with Gasteiger partial charge in [-0.25, -0.2) is 9.18 Å². The van der Waals surface area contributed by atoms with Crippen LogP contribution in [-0.2, 0) is 0 Å². The Balaban J connectivity index is 2.55. The zero-order chi connectivity index (χ0) is 13.3.